The second kappa shape index (κ2) is 5.79. The number of hydrogen-bond donors (Lipinski definition) is 1. The van der Waals surface area contributed by atoms with Crippen molar-refractivity contribution < 1.29 is 9.90 Å². The highest BCUT2D eigenvalue weighted by Gasteiger charge is 2.05. The predicted octanol–water partition coefficient (Wildman–Crippen LogP) is 2.71. The van der Waals surface area contributed by atoms with Crippen molar-refractivity contribution >= 4 is 33.5 Å². The summed E-state index contributed by atoms with van der Waals surface area (Å²) in [7, 11) is 0. The van der Waals surface area contributed by atoms with Gasteiger partial charge in [-0.3, -0.25) is 4.79 Å². The van der Waals surface area contributed by atoms with Crippen molar-refractivity contribution in [3.8, 4) is 11.8 Å². The topological polar surface area (TPSA) is 37.3 Å². The number of benzene rings is 1. The molecule has 0 unspecified atom stereocenters. The van der Waals surface area contributed by atoms with Crippen molar-refractivity contribution in [2.24, 2.45) is 0 Å². The molecule has 0 spiro atoms. The average molecular weight is 288 g/mol. The molecule has 2 nitrogen and oxygen atoms in total. The molecule has 0 atom stereocenters. The van der Waals surface area contributed by atoms with Gasteiger partial charge in [-0.2, -0.15) is 0 Å². The number of rotatable bonds is 2. The van der Waals surface area contributed by atoms with Crippen molar-refractivity contribution in [3.63, 3.8) is 0 Å². The van der Waals surface area contributed by atoms with Gasteiger partial charge < -0.3 is 5.11 Å². The third-order valence-electron chi connectivity index (χ3n) is 1.69. The summed E-state index contributed by atoms with van der Waals surface area (Å²) in [4.78, 5) is 10.5. The van der Waals surface area contributed by atoms with E-state index in [0.717, 1.165) is 5.56 Å². The number of hydrogen-bond acceptors (Lipinski definition) is 1. The quantitative estimate of drug-likeness (QED) is 0.671. The summed E-state index contributed by atoms with van der Waals surface area (Å²) in [6, 6.07) is 5.13. The van der Waals surface area contributed by atoms with Crippen LogP contribution in [0.15, 0.2) is 18.2 Å². The van der Waals surface area contributed by atoms with E-state index in [1.807, 2.05) is 0 Å². The first-order chi connectivity index (χ1) is 7.13. The van der Waals surface area contributed by atoms with E-state index in [1.54, 1.807) is 18.2 Å². The van der Waals surface area contributed by atoms with Gasteiger partial charge >= 0.3 is 5.97 Å². The standard InChI is InChI=1S/C11H8BrClO2/c12-5-1-2-8-3-4-9(7-11(14)15)10(13)6-8/h3-4,6H,5,7H2,(H,14,15). The fourth-order valence-corrected chi connectivity index (χ4v) is 1.45. The van der Waals surface area contributed by atoms with Gasteiger partial charge in [-0.15, -0.1) is 0 Å². The first-order valence-electron chi connectivity index (χ1n) is 4.18. The Bertz CT molecular complexity index is 432. The van der Waals surface area contributed by atoms with Crippen molar-refractivity contribution in [1.29, 1.82) is 0 Å². The highest BCUT2D eigenvalue weighted by molar-refractivity contribution is 9.09. The van der Waals surface area contributed by atoms with Gasteiger partial charge in [-0.1, -0.05) is 45.4 Å². The van der Waals surface area contributed by atoms with Crippen LogP contribution in [0.1, 0.15) is 11.1 Å². The first-order valence-corrected chi connectivity index (χ1v) is 5.68. The molecule has 0 amide bonds. The molecule has 0 heterocycles. The summed E-state index contributed by atoms with van der Waals surface area (Å²) < 4.78 is 0. The van der Waals surface area contributed by atoms with E-state index < -0.39 is 5.97 Å². The Morgan fingerprint density at radius 3 is 2.80 bits per heavy atom. The zero-order chi connectivity index (χ0) is 11.3. The van der Waals surface area contributed by atoms with Crippen LogP contribution < -0.4 is 0 Å². The summed E-state index contributed by atoms with van der Waals surface area (Å²) in [5, 5.41) is 9.65. The Morgan fingerprint density at radius 2 is 2.27 bits per heavy atom. The summed E-state index contributed by atoms with van der Waals surface area (Å²) in [6.45, 7) is 0. The van der Waals surface area contributed by atoms with Crippen LogP contribution in [0.3, 0.4) is 0 Å². The van der Waals surface area contributed by atoms with Gasteiger partial charge in [0.1, 0.15) is 0 Å². The summed E-state index contributed by atoms with van der Waals surface area (Å²) in [5.74, 6) is 4.84. The Hall–Kier alpha value is -0.980. The van der Waals surface area contributed by atoms with Gasteiger partial charge in [0.25, 0.3) is 0 Å². The first kappa shape index (κ1) is 12.1. The molecule has 0 aliphatic carbocycles. The van der Waals surface area contributed by atoms with Crippen LogP contribution in [0, 0.1) is 11.8 Å². The smallest absolute Gasteiger partial charge is 0.307 e. The number of carboxylic acids is 1. The molecule has 0 bridgehead atoms. The Labute approximate surface area is 101 Å². The molecule has 0 aromatic heterocycles. The lowest BCUT2D eigenvalue weighted by Crippen LogP contribution is -2.00. The maximum absolute atomic E-state index is 10.5. The number of aliphatic carboxylic acids is 1. The summed E-state index contributed by atoms with van der Waals surface area (Å²) in [5.41, 5.74) is 1.39. The highest BCUT2D eigenvalue weighted by Crippen LogP contribution is 2.18. The number of alkyl halides is 1. The van der Waals surface area contributed by atoms with Crippen LogP contribution in [0.2, 0.25) is 5.02 Å². The fourth-order valence-electron chi connectivity index (χ4n) is 1.07. The van der Waals surface area contributed by atoms with Gasteiger partial charge in [-0.25, -0.2) is 0 Å². The molecule has 0 radical (unpaired) electrons. The van der Waals surface area contributed by atoms with Gasteiger partial charge in [0.05, 0.1) is 11.8 Å². The highest BCUT2D eigenvalue weighted by atomic mass is 79.9. The SMILES string of the molecule is O=C(O)Cc1ccc(C#CCBr)cc1Cl. The van der Waals surface area contributed by atoms with E-state index in [9.17, 15) is 4.79 Å². The third kappa shape index (κ3) is 3.94. The van der Waals surface area contributed by atoms with E-state index in [1.165, 1.54) is 0 Å². The fraction of sp³-hybridized carbons (Fsp3) is 0.182. The zero-order valence-corrected chi connectivity index (χ0v) is 10.1. The second-order valence-electron chi connectivity index (χ2n) is 2.81. The molecular formula is C11H8BrClO2. The minimum atomic E-state index is -0.892. The molecule has 15 heavy (non-hydrogen) atoms. The molecule has 0 saturated heterocycles. The predicted molar refractivity (Wildman–Crippen MR) is 63.5 cm³/mol. The van der Waals surface area contributed by atoms with Gasteiger partial charge in [-0.05, 0) is 17.7 Å². The molecule has 0 aliphatic heterocycles. The van der Waals surface area contributed by atoms with E-state index in [0.29, 0.717) is 15.9 Å². The van der Waals surface area contributed by atoms with Crippen LogP contribution in [0.25, 0.3) is 0 Å². The van der Waals surface area contributed by atoms with Gasteiger partial charge in [0.15, 0.2) is 0 Å². The van der Waals surface area contributed by atoms with Gasteiger partial charge in [0.2, 0.25) is 0 Å². The summed E-state index contributed by atoms with van der Waals surface area (Å²) >= 11 is 9.10. The zero-order valence-electron chi connectivity index (χ0n) is 7.76. The van der Waals surface area contributed by atoms with Crippen LogP contribution >= 0.6 is 27.5 Å². The maximum atomic E-state index is 10.5. The van der Waals surface area contributed by atoms with Gasteiger partial charge in [0, 0.05) is 10.6 Å². The van der Waals surface area contributed by atoms with E-state index in [2.05, 4.69) is 27.8 Å². The molecule has 0 fully saturated rings. The normalized spacial score (nSPS) is 9.20. The maximum Gasteiger partial charge on any atom is 0.307 e. The minimum absolute atomic E-state index is 0.0645. The third-order valence-corrected chi connectivity index (χ3v) is 2.33. The second-order valence-corrected chi connectivity index (χ2v) is 3.78. The Balaban J connectivity index is 2.92. The van der Waals surface area contributed by atoms with Crippen molar-refractivity contribution in [3.05, 3.63) is 34.3 Å². The monoisotopic (exact) mass is 286 g/mol. The number of carboxylic acid groups (broad SMARTS) is 1. The lowest BCUT2D eigenvalue weighted by atomic mass is 10.1. The molecule has 1 aromatic carbocycles. The lowest BCUT2D eigenvalue weighted by molar-refractivity contribution is -0.136. The molecule has 0 aliphatic rings. The van der Waals surface area contributed by atoms with E-state index in [4.69, 9.17) is 16.7 Å². The average Bonchev–Trinajstić information content (AvgIpc) is 2.18. The van der Waals surface area contributed by atoms with Crippen LogP contribution in [0.5, 0.6) is 0 Å². The molecule has 1 N–H and O–H groups in total. The van der Waals surface area contributed by atoms with Crippen LogP contribution in [0.4, 0.5) is 0 Å². The molecule has 0 saturated carbocycles. The van der Waals surface area contributed by atoms with Crippen molar-refractivity contribution in [2.75, 3.05) is 5.33 Å². The Kier molecular flexibility index (Phi) is 4.67. The Morgan fingerprint density at radius 1 is 1.53 bits per heavy atom. The van der Waals surface area contributed by atoms with E-state index in [-0.39, 0.29) is 6.42 Å². The van der Waals surface area contributed by atoms with Crippen molar-refractivity contribution in [2.45, 2.75) is 6.42 Å². The van der Waals surface area contributed by atoms with Crippen molar-refractivity contribution in [1.82, 2.24) is 0 Å². The van der Waals surface area contributed by atoms with Crippen LogP contribution in [-0.2, 0) is 11.2 Å². The largest absolute Gasteiger partial charge is 0.481 e. The van der Waals surface area contributed by atoms with E-state index >= 15 is 0 Å². The molecule has 4 heteroatoms. The molecule has 1 aromatic rings. The summed E-state index contributed by atoms with van der Waals surface area (Å²) in [6.07, 6.45) is -0.0645. The lowest BCUT2D eigenvalue weighted by Gasteiger charge is -2.00. The number of halogens is 2. The van der Waals surface area contributed by atoms with Crippen LogP contribution in [-0.4, -0.2) is 16.4 Å². The molecular weight excluding hydrogens is 279 g/mol. The molecule has 78 valence electrons. The number of carbonyl (C=O) groups is 1. The minimum Gasteiger partial charge on any atom is -0.481 e. The molecule has 1 rings (SSSR count).